The third-order valence-corrected chi connectivity index (χ3v) is 3.35. The maximum atomic E-state index is 12.3. The largest absolute Gasteiger partial charge is 0.494 e. The van der Waals surface area contributed by atoms with Crippen LogP contribution < -0.4 is 10.3 Å². The Bertz CT molecular complexity index is 835. The number of rotatable bonds is 5. The molecular weight excluding hydrogens is 282 g/mol. The van der Waals surface area contributed by atoms with Gasteiger partial charge in [0.25, 0.3) is 5.56 Å². The average molecular weight is 299 g/mol. The van der Waals surface area contributed by atoms with Gasteiger partial charge in [0.2, 0.25) is 0 Å². The Morgan fingerprint density at radius 2 is 2.00 bits per heavy atom. The Balaban J connectivity index is 1.84. The summed E-state index contributed by atoms with van der Waals surface area (Å²) in [7, 11) is 1.73. The van der Waals surface area contributed by atoms with Crippen molar-refractivity contribution in [2.24, 2.45) is 7.05 Å². The zero-order valence-corrected chi connectivity index (χ0v) is 12.6. The molecule has 7 nitrogen and oxygen atoms in total. The zero-order chi connectivity index (χ0) is 15.5. The van der Waals surface area contributed by atoms with Gasteiger partial charge in [0.1, 0.15) is 11.1 Å². The van der Waals surface area contributed by atoms with E-state index in [0.29, 0.717) is 24.2 Å². The van der Waals surface area contributed by atoms with Crippen LogP contribution in [0.25, 0.3) is 11.0 Å². The predicted molar refractivity (Wildman–Crippen MR) is 81.9 cm³/mol. The van der Waals surface area contributed by atoms with Crippen molar-refractivity contribution in [1.82, 2.24) is 24.8 Å². The minimum absolute atomic E-state index is 0.190. The van der Waals surface area contributed by atoms with E-state index in [2.05, 4.69) is 22.3 Å². The summed E-state index contributed by atoms with van der Waals surface area (Å²) in [6, 6.07) is 7.64. The van der Waals surface area contributed by atoms with Crippen LogP contribution >= 0.6 is 0 Å². The molecule has 0 radical (unpaired) electrons. The molecule has 22 heavy (non-hydrogen) atoms. The second-order valence-electron chi connectivity index (χ2n) is 5.05. The lowest BCUT2D eigenvalue weighted by atomic mass is 10.2. The van der Waals surface area contributed by atoms with Gasteiger partial charge in [0.15, 0.2) is 5.65 Å². The summed E-state index contributed by atoms with van der Waals surface area (Å²) in [4.78, 5) is 12.3. The van der Waals surface area contributed by atoms with Crippen LogP contribution in [0.4, 0.5) is 0 Å². The fraction of sp³-hybridized carbons (Fsp3) is 0.333. The third-order valence-electron chi connectivity index (χ3n) is 3.35. The number of aromatic nitrogens is 5. The number of hydrogen-bond donors (Lipinski definition) is 0. The van der Waals surface area contributed by atoms with Crippen molar-refractivity contribution in [3.05, 3.63) is 46.4 Å². The van der Waals surface area contributed by atoms with Gasteiger partial charge in [-0.05, 0) is 24.1 Å². The maximum Gasteiger partial charge on any atom is 0.281 e. The molecule has 0 N–H and O–H groups in total. The van der Waals surface area contributed by atoms with E-state index < -0.39 is 0 Å². The predicted octanol–water partition coefficient (Wildman–Crippen LogP) is 1.36. The van der Waals surface area contributed by atoms with Crippen LogP contribution in [-0.4, -0.2) is 31.4 Å². The monoisotopic (exact) mass is 299 g/mol. The van der Waals surface area contributed by atoms with E-state index in [9.17, 15) is 4.79 Å². The molecule has 0 aliphatic rings. The van der Waals surface area contributed by atoms with Crippen molar-refractivity contribution in [3.8, 4) is 5.75 Å². The maximum absolute atomic E-state index is 12.3. The van der Waals surface area contributed by atoms with E-state index in [1.807, 2.05) is 24.3 Å². The normalized spacial score (nSPS) is 11.0. The first-order chi connectivity index (χ1) is 10.7. The average Bonchev–Trinajstić information content (AvgIpc) is 2.91. The highest BCUT2D eigenvalue weighted by atomic mass is 16.5. The molecule has 1 aromatic carbocycles. The molecule has 114 valence electrons. The lowest BCUT2D eigenvalue weighted by Crippen LogP contribution is -2.24. The van der Waals surface area contributed by atoms with E-state index in [1.165, 1.54) is 15.6 Å². The first-order valence-electron chi connectivity index (χ1n) is 7.16. The summed E-state index contributed by atoms with van der Waals surface area (Å²) in [6.45, 7) is 3.13. The SMILES string of the molecule is CCCOc1ccc(Cn2nnc3c(cnn3C)c2=O)cc1. The molecule has 0 spiro atoms. The summed E-state index contributed by atoms with van der Waals surface area (Å²) in [5, 5.41) is 12.5. The molecule has 7 heteroatoms. The van der Waals surface area contributed by atoms with Crippen LogP contribution in [0.5, 0.6) is 5.75 Å². The van der Waals surface area contributed by atoms with Crippen molar-refractivity contribution >= 4 is 11.0 Å². The summed E-state index contributed by atoms with van der Waals surface area (Å²) >= 11 is 0. The van der Waals surface area contributed by atoms with Gasteiger partial charge in [-0.1, -0.05) is 24.3 Å². The van der Waals surface area contributed by atoms with Gasteiger partial charge in [-0.25, -0.2) is 9.36 Å². The van der Waals surface area contributed by atoms with Gasteiger partial charge in [-0.2, -0.15) is 5.10 Å². The number of hydrogen-bond acceptors (Lipinski definition) is 5. The second-order valence-corrected chi connectivity index (χ2v) is 5.05. The van der Waals surface area contributed by atoms with Crippen LogP contribution in [0.15, 0.2) is 35.3 Å². The van der Waals surface area contributed by atoms with E-state index in [4.69, 9.17) is 4.74 Å². The fourth-order valence-corrected chi connectivity index (χ4v) is 2.16. The van der Waals surface area contributed by atoms with Gasteiger partial charge in [0, 0.05) is 7.05 Å². The van der Waals surface area contributed by atoms with Crippen LogP contribution in [-0.2, 0) is 13.6 Å². The van der Waals surface area contributed by atoms with Crippen molar-refractivity contribution < 1.29 is 4.74 Å². The first-order valence-corrected chi connectivity index (χ1v) is 7.16. The Morgan fingerprint density at radius 3 is 2.73 bits per heavy atom. The Morgan fingerprint density at radius 1 is 1.23 bits per heavy atom. The molecule has 0 amide bonds. The molecule has 3 aromatic rings. The first kappa shape index (κ1) is 14.2. The lowest BCUT2D eigenvalue weighted by Gasteiger charge is -2.07. The molecule has 0 saturated carbocycles. The van der Waals surface area contributed by atoms with Crippen molar-refractivity contribution in [3.63, 3.8) is 0 Å². The quantitative estimate of drug-likeness (QED) is 0.711. The summed E-state index contributed by atoms with van der Waals surface area (Å²) < 4.78 is 8.41. The van der Waals surface area contributed by atoms with Crippen molar-refractivity contribution in [2.45, 2.75) is 19.9 Å². The van der Waals surface area contributed by atoms with Gasteiger partial charge < -0.3 is 4.74 Å². The summed E-state index contributed by atoms with van der Waals surface area (Å²) in [6.07, 6.45) is 2.49. The number of nitrogens with zero attached hydrogens (tertiary/aromatic N) is 5. The molecule has 0 bridgehead atoms. The minimum Gasteiger partial charge on any atom is -0.494 e. The van der Waals surface area contributed by atoms with E-state index in [0.717, 1.165) is 17.7 Å². The Labute approximate surface area is 127 Å². The molecule has 0 atom stereocenters. The highest BCUT2D eigenvalue weighted by molar-refractivity contribution is 5.72. The number of benzene rings is 1. The number of ether oxygens (including phenoxy) is 1. The van der Waals surface area contributed by atoms with Gasteiger partial charge >= 0.3 is 0 Å². The highest BCUT2D eigenvalue weighted by Crippen LogP contribution is 2.13. The Kier molecular flexibility index (Phi) is 3.86. The number of aryl methyl sites for hydroxylation is 1. The van der Waals surface area contributed by atoms with Gasteiger partial charge in [0.05, 0.1) is 19.3 Å². The zero-order valence-electron chi connectivity index (χ0n) is 12.6. The van der Waals surface area contributed by atoms with E-state index in [-0.39, 0.29) is 5.56 Å². The van der Waals surface area contributed by atoms with E-state index >= 15 is 0 Å². The van der Waals surface area contributed by atoms with Crippen LogP contribution in [0, 0.1) is 0 Å². The highest BCUT2D eigenvalue weighted by Gasteiger charge is 2.09. The molecule has 0 aliphatic heterocycles. The molecule has 0 saturated heterocycles. The fourth-order valence-electron chi connectivity index (χ4n) is 2.16. The van der Waals surface area contributed by atoms with Crippen LogP contribution in [0.3, 0.4) is 0 Å². The molecule has 2 aromatic heterocycles. The third kappa shape index (κ3) is 2.69. The summed E-state index contributed by atoms with van der Waals surface area (Å²) in [5.41, 5.74) is 1.26. The smallest absolute Gasteiger partial charge is 0.281 e. The molecule has 0 fully saturated rings. The lowest BCUT2D eigenvalue weighted by molar-refractivity contribution is 0.317. The van der Waals surface area contributed by atoms with Gasteiger partial charge in [-0.15, -0.1) is 5.10 Å². The molecule has 2 heterocycles. The molecule has 0 unspecified atom stereocenters. The molecule has 3 rings (SSSR count). The van der Waals surface area contributed by atoms with E-state index in [1.54, 1.807) is 7.05 Å². The molecular formula is C15H17N5O2. The summed E-state index contributed by atoms with van der Waals surface area (Å²) in [5.74, 6) is 0.826. The van der Waals surface area contributed by atoms with Crippen LogP contribution in [0.2, 0.25) is 0 Å². The Hall–Kier alpha value is -2.70. The second kappa shape index (κ2) is 5.97. The van der Waals surface area contributed by atoms with Crippen LogP contribution in [0.1, 0.15) is 18.9 Å². The minimum atomic E-state index is -0.190. The van der Waals surface area contributed by atoms with Crippen molar-refractivity contribution in [1.29, 1.82) is 0 Å². The van der Waals surface area contributed by atoms with Crippen molar-refractivity contribution in [2.75, 3.05) is 6.61 Å². The topological polar surface area (TPSA) is 74.8 Å². The molecule has 0 aliphatic carbocycles. The number of fused-ring (bicyclic) bond motifs is 1. The van der Waals surface area contributed by atoms with Gasteiger partial charge in [-0.3, -0.25) is 4.79 Å². The standard InChI is InChI=1S/C15H17N5O2/c1-3-8-22-12-6-4-11(5-7-12)10-20-15(21)13-9-16-19(2)14(13)17-18-20/h4-7,9H,3,8,10H2,1-2H3.